The maximum Gasteiger partial charge on any atom is 0.321 e. The molecule has 3 amide bonds. The van der Waals surface area contributed by atoms with Crippen LogP contribution in [0.1, 0.15) is 17.3 Å². The number of thiazole rings is 1. The van der Waals surface area contributed by atoms with Crippen molar-refractivity contribution >= 4 is 38.8 Å². The molecule has 3 aromatic heterocycles. The number of nitrogens with zero attached hydrogens (tertiary/aromatic N) is 3. The van der Waals surface area contributed by atoms with Gasteiger partial charge >= 0.3 is 6.03 Å². The Morgan fingerprint density at radius 3 is 2.78 bits per heavy atom. The van der Waals surface area contributed by atoms with E-state index in [4.69, 9.17) is 0 Å². The number of hydrogen-bond donors (Lipinski definition) is 3. The smallest absolute Gasteiger partial charge is 0.321 e. The van der Waals surface area contributed by atoms with Gasteiger partial charge in [-0.2, -0.15) is 0 Å². The molecular formula is C18H18N6O2S. The first kappa shape index (κ1) is 18.5. The predicted molar refractivity (Wildman–Crippen MR) is 106 cm³/mol. The van der Waals surface area contributed by atoms with Gasteiger partial charge in [-0.3, -0.25) is 15.1 Å². The van der Waals surface area contributed by atoms with E-state index in [1.54, 1.807) is 24.5 Å². The summed E-state index contributed by atoms with van der Waals surface area (Å²) in [5.74, 6) is -0.174. The van der Waals surface area contributed by atoms with E-state index in [-0.39, 0.29) is 11.9 Å². The number of urea groups is 1. The van der Waals surface area contributed by atoms with Gasteiger partial charge in [-0.15, -0.1) is 6.58 Å². The van der Waals surface area contributed by atoms with Gasteiger partial charge in [0.1, 0.15) is 10.3 Å². The standard InChI is InChI=1S/C18H18N6O2S/c1-3-5-21-17(26)24-18-23-14-7-12(10-22-16(14)27-18)11-6-13(9-19-8-11)15(25)20-4-2/h3,6-10H,1,4-5H2,2H3,(H,20,25)(H2,21,23,24,26). The number of nitrogens with one attached hydrogen (secondary N) is 3. The first-order chi connectivity index (χ1) is 13.1. The van der Waals surface area contributed by atoms with Crippen molar-refractivity contribution in [1.29, 1.82) is 0 Å². The zero-order valence-corrected chi connectivity index (χ0v) is 15.5. The van der Waals surface area contributed by atoms with E-state index in [9.17, 15) is 9.59 Å². The van der Waals surface area contributed by atoms with Gasteiger partial charge in [-0.05, 0) is 19.1 Å². The molecule has 0 saturated heterocycles. The Morgan fingerprint density at radius 1 is 1.19 bits per heavy atom. The monoisotopic (exact) mass is 382 g/mol. The van der Waals surface area contributed by atoms with Crippen LogP contribution >= 0.6 is 11.3 Å². The van der Waals surface area contributed by atoms with Crippen molar-refractivity contribution in [1.82, 2.24) is 25.6 Å². The van der Waals surface area contributed by atoms with Crippen molar-refractivity contribution in [3.05, 3.63) is 48.9 Å². The zero-order chi connectivity index (χ0) is 19.2. The van der Waals surface area contributed by atoms with Gasteiger partial charge < -0.3 is 10.6 Å². The molecule has 3 aromatic rings. The van der Waals surface area contributed by atoms with Crippen molar-refractivity contribution in [3.8, 4) is 11.1 Å². The van der Waals surface area contributed by atoms with Crippen molar-refractivity contribution in [2.24, 2.45) is 0 Å². The maximum absolute atomic E-state index is 12.0. The summed E-state index contributed by atoms with van der Waals surface area (Å²) < 4.78 is 0. The van der Waals surface area contributed by atoms with Crippen molar-refractivity contribution < 1.29 is 9.59 Å². The molecule has 0 saturated carbocycles. The second kappa shape index (κ2) is 8.37. The number of fused-ring (bicyclic) bond motifs is 1. The molecule has 0 fully saturated rings. The average Bonchev–Trinajstić information content (AvgIpc) is 3.08. The molecular weight excluding hydrogens is 364 g/mol. The van der Waals surface area contributed by atoms with E-state index in [1.165, 1.54) is 17.5 Å². The molecule has 8 nitrogen and oxygen atoms in total. The van der Waals surface area contributed by atoms with Gasteiger partial charge in [0.2, 0.25) is 0 Å². The summed E-state index contributed by atoms with van der Waals surface area (Å²) in [4.78, 5) is 37.3. The molecule has 0 aliphatic heterocycles. The summed E-state index contributed by atoms with van der Waals surface area (Å²) in [5.41, 5.74) is 2.68. The lowest BCUT2D eigenvalue weighted by molar-refractivity contribution is 0.0955. The van der Waals surface area contributed by atoms with Crippen molar-refractivity contribution in [3.63, 3.8) is 0 Å². The molecule has 3 N–H and O–H groups in total. The Morgan fingerprint density at radius 2 is 2.00 bits per heavy atom. The number of carbonyl (C=O) groups is 2. The molecule has 0 bridgehead atoms. The quantitative estimate of drug-likeness (QED) is 0.568. The van der Waals surface area contributed by atoms with Gasteiger partial charge in [0.15, 0.2) is 5.13 Å². The predicted octanol–water partition coefficient (Wildman–Crippen LogP) is 2.81. The van der Waals surface area contributed by atoms with Gasteiger partial charge in [0, 0.05) is 42.8 Å². The first-order valence-electron chi connectivity index (χ1n) is 8.26. The Bertz CT molecular complexity index is 1000. The molecule has 9 heteroatoms. The Kier molecular flexibility index (Phi) is 5.72. The van der Waals surface area contributed by atoms with Crippen LogP contribution in [0.5, 0.6) is 0 Å². The fourth-order valence-corrected chi connectivity index (χ4v) is 3.11. The Labute approximate surface area is 159 Å². The molecule has 0 unspecified atom stereocenters. The zero-order valence-electron chi connectivity index (χ0n) is 14.7. The molecule has 0 aliphatic carbocycles. The van der Waals surface area contributed by atoms with Crippen LogP contribution in [-0.4, -0.2) is 40.0 Å². The van der Waals surface area contributed by atoms with Crippen LogP contribution in [0.2, 0.25) is 0 Å². The van der Waals surface area contributed by atoms with Crippen molar-refractivity contribution in [2.45, 2.75) is 6.92 Å². The van der Waals surface area contributed by atoms with Crippen LogP contribution in [0.25, 0.3) is 21.5 Å². The topological polar surface area (TPSA) is 109 Å². The number of aromatic nitrogens is 3. The highest BCUT2D eigenvalue weighted by Gasteiger charge is 2.11. The summed E-state index contributed by atoms with van der Waals surface area (Å²) in [5, 5.41) is 8.49. The highest BCUT2D eigenvalue weighted by Crippen LogP contribution is 2.28. The Balaban J connectivity index is 1.84. The molecule has 0 radical (unpaired) electrons. The second-order valence-corrected chi connectivity index (χ2v) is 6.49. The lowest BCUT2D eigenvalue weighted by atomic mass is 10.1. The summed E-state index contributed by atoms with van der Waals surface area (Å²) in [7, 11) is 0. The van der Waals surface area contributed by atoms with E-state index in [2.05, 4.69) is 37.5 Å². The SMILES string of the molecule is C=CCNC(=O)Nc1nc2cc(-c3cncc(C(=O)NCC)c3)cnc2s1. The number of hydrogen-bond acceptors (Lipinski definition) is 6. The number of rotatable bonds is 6. The third kappa shape index (κ3) is 4.45. The van der Waals surface area contributed by atoms with Crippen LogP contribution in [0, 0.1) is 0 Å². The third-order valence-corrected chi connectivity index (χ3v) is 4.44. The van der Waals surface area contributed by atoms with E-state index in [1.807, 2.05) is 13.0 Å². The van der Waals surface area contributed by atoms with E-state index in [0.717, 1.165) is 11.1 Å². The number of amides is 3. The lowest BCUT2D eigenvalue weighted by Gasteiger charge is -2.05. The van der Waals surface area contributed by atoms with Crippen LogP contribution in [0.4, 0.5) is 9.93 Å². The fourth-order valence-electron chi connectivity index (χ4n) is 2.33. The van der Waals surface area contributed by atoms with Gasteiger partial charge in [0.25, 0.3) is 5.91 Å². The average molecular weight is 382 g/mol. The van der Waals surface area contributed by atoms with E-state index in [0.29, 0.717) is 34.1 Å². The fraction of sp³-hybridized carbons (Fsp3) is 0.167. The number of anilines is 1. The summed E-state index contributed by atoms with van der Waals surface area (Å²) in [6.07, 6.45) is 6.47. The summed E-state index contributed by atoms with van der Waals surface area (Å²) >= 11 is 1.28. The minimum absolute atomic E-state index is 0.174. The Hall–Kier alpha value is -3.33. The molecule has 0 atom stereocenters. The van der Waals surface area contributed by atoms with E-state index < -0.39 is 0 Å². The summed E-state index contributed by atoms with van der Waals surface area (Å²) in [6, 6.07) is 3.26. The minimum atomic E-state index is -0.354. The molecule has 0 aromatic carbocycles. The van der Waals surface area contributed by atoms with Crippen LogP contribution < -0.4 is 16.0 Å². The maximum atomic E-state index is 12.0. The third-order valence-electron chi connectivity index (χ3n) is 3.55. The number of carbonyl (C=O) groups excluding carboxylic acids is 2. The molecule has 0 aliphatic rings. The largest absolute Gasteiger partial charge is 0.352 e. The van der Waals surface area contributed by atoms with E-state index >= 15 is 0 Å². The van der Waals surface area contributed by atoms with Crippen LogP contribution in [0.3, 0.4) is 0 Å². The van der Waals surface area contributed by atoms with Crippen LogP contribution in [0.15, 0.2) is 43.4 Å². The first-order valence-corrected chi connectivity index (χ1v) is 9.08. The molecule has 0 spiro atoms. The van der Waals surface area contributed by atoms with Gasteiger partial charge in [0.05, 0.1) is 5.56 Å². The molecule has 27 heavy (non-hydrogen) atoms. The van der Waals surface area contributed by atoms with Gasteiger partial charge in [-0.1, -0.05) is 17.4 Å². The normalized spacial score (nSPS) is 10.4. The highest BCUT2D eigenvalue weighted by molar-refractivity contribution is 7.21. The minimum Gasteiger partial charge on any atom is -0.352 e. The number of pyridine rings is 2. The lowest BCUT2D eigenvalue weighted by Crippen LogP contribution is -2.28. The molecule has 138 valence electrons. The summed E-state index contributed by atoms with van der Waals surface area (Å²) in [6.45, 7) is 6.32. The molecule has 3 rings (SSSR count). The highest BCUT2D eigenvalue weighted by atomic mass is 32.1. The van der Waals surface area contributed by atoms with Crippen LogP contribution in [-0.2, 0) is 0 Å². The van der Waals surface area contributed by atoms with Crippen molar-refractivity contribution in [2.75, 3.05) is 18.4 Å². The molecule has 3 heterocycles. The second-order valence-electron chi connectivity index (χ2n) is 5.51. The van der Waals surface area contributed by atoms with Gasteiger partial charge in [-0.25, -0.2) is 14.8 Å².